The molecule has 0 aromatic carbocycles. The predicted octanol–water partition coefficient (Wildman–Crippen LogP) is 1.42. The molecule has 0 saturated carbocycles. The monoisotopic (exact) mass is 307 g/mol. The fourth-order valence-electron chi connectivity index (χ4n) is 0.255. The van der Waals surface area contributed by atoms with Crippen molar-refractivity contribution in [3.8, 4) is 0 Å². The van der Waals surface area contributed by atoms with Crippen molar-refractivity contribution in [1.82, 2.24) is 0 Å². The van der Waals surface area contributed by atoms with Gasteiger partial charge < -0.3 is 5.11 Å². The molecule has 9 heavy (non-hydrogen) atoms. The topological polar surface area (TPSA) is 37.3 Å². The van der Waals surface area contributed by atoms with Crippen molar-refractivity contribution < 1.29 is 30.0 Å². The summed E-state index contributed by atoms with van der Waals surface area (Å²) in [5.41, 5.74) is 0.435. The van der Waals surface area contributed by atoms with E-state index in [1.165, 1.54) is 13.8 Å². The molecule has 0 rings (SSSR count). The van der Waals surface area contributed by atoms with Crippen LogP contribution in [0.15, 0.2) is 11.3 Å². The number of allylic oxidation sites excluding steroid dienone is 2. The smallest absolute Gasteiger partial charge is 0.158 e. The van der Waals surface area contributed by atoms with Gasteiger partial charge in [-0.2, -0.15) is 0 Å². The Morgan fingerprint density at radius 1 is 1.22 bits per heavy atom. The number of rotatable bonds is 1. The Kier molecular flexibility index (Phi) is 6.09. The Balaban J connectivity index is 0. The molecule has 0 aromatic heterocycles. The van der Waals surface area contributed by atoms with Crippen LogP contribution in [0.1, 0.15) is 20.8 Å². The van der Waals surface area contributed by atoms with E-state index in [-0.39, 0.29) is 31.6 Å². The summed E-state index contributed by atoms with van der Waals surface area (Å²) >= 11 is 0. The summed E-state index contributed by atoms with van der Waals surface area (Å²) in [4.78, 5) is 10.4. The number of aliphatic hydroxyl groups excluding tert-OH is 1. The number of aliphatic hydroxyl groups is 1. The van der Waals surface area contributed by atoms with Gasteiger partial charge in [0.15, 0.2) is 5.78 Å². The van der Waals surface area contributed by atoms with Gasteiger partial charge in [0.05, 0.1) is 5.76 Å². The zero-order valence-corrected chi connectivity index (χ0v) is 8.08. The van der Waals surface area contributed by atoms with Gasteiger partial charge in [0.1, 0.15) is 0 Å². The van der Waals surface area contributed by atoms with Crippen molar-refractivity contribution in [2.45, 2.75) is 20.8 Å². The number of carbonyl (C=O) groups excluding carboxylic acids is 1. The van der Waals surface area contributed by atoms with E-state index in [1.54, 1.807) is 6.92 Å². The Bertz CT molecular complexity index is 134. The van der Waals surface area contributed by atoms with Gasteiger partial charge in [0, 0.05) is 25.7 Å². The van der Waals surface area contributed by atoms with Gasteiger partial charge in [-0.25, -0.2) is 0 Å². The minimum atomic E-state index is -0.0787. The van der Waals surface area contributed by atoms with E-state index in [0.717, 1.165) is 0 Å². The van der Waals surface area contributed by atoms with Crippen molar-refractivity contribution in [3.05, 3.63) is 11.3 Å². The van der Waals surface area contributed by atoms with E-state index in [2.05, 4.69) is 0 Å². The molecule has 0 aromatic rings. The number of carbonyl (C=O) groups is 1. The van der Waals surface area contributed by atoms with Crippen molar-refractivity contribution >= 4 is 5.78 Å². The number of hydrogen-bond donors (Lipinski definition) is 1. The third kappa shape index (κ3) is 4.37. The van der Waals surface area contributed by atoms with Gasteiger partial charge >= 0.3 is 0 Å². The summed E-state index contributed by atoms with van der Waals surface area (Å²) in [6.45, 7) is 4.52. The number of ketones is 1. The molecule has 1 radical (unpaired) electrons. The molecule has 0 bridgehead atoms. The summed E-state index contributed by atoms with van der Waals surface area (Å²) in [7, 11) is 0. The molecule has 0 heterocycles. The fraction of sp³-hybridized carbons (Fsp3) is 0.500. The molecular weight excluding hydrogens is 296 g/mol. The minimum Gasteiger partial charge on any atom is -0.512 e. The first-order valence-electron chi connectivity index (χ1n) is 2.43. The summed E-state index contributed by atoms with van der Waals surface area (Å²) < 4.78 is 0. The second-order valence-corrected chi connectivity index (χ2v) is 1.77. The molecule has 55 valence electrons. The molecule has 0 aliphatic heterocycles. The first-order valence-corrected chi connectivity index (χ1v) is 2.43. The quantitative estimate of drug-likeness (QED) is 0.588. The minimum absolute atomic E-state index is 0. The maximum Gasteiger partial charge on any atom is 0.158 e. The predicted molar refractivity (Wildman–Crippen MR) is 31.7 cm³/mol. The summed E-state index contributed by atoms with van der Waals surface area (Å²) in [6, 6.07) is 0. The Labute approximate surface area is 68.3 Å². The average Bonchev–Trinajstić information content (AvgIpc) is 1.64. The maximum absolute atomic E-state index is 10.4. The molecular formula is C6H10IrO2. The average molecular weight is 306 g/mol. The maximum atomic E-state index is 10.4. The second-order valence-electron chi connectivity index (χ2n) is 1.77. The molecule has 3 heteroatoms. The molecule has 0 saturated heterocycles. The summed E-state index contributed by atoms with van der Waals surface area (Å²) in [5.74, 6) is 0.0301. The second kappa shape index (κ2) is 4.71. The molecule has 0 spiro atoms. The third-order valence-electron chi connectivity index (χ3n) is 1.07. The van der Waals surface area contributed by atoms with Gasteiger partial charge in [-0.05, 0) is 20.8 Å². The van der Waals surface area contributed by atoms with Crippen LogP contribution in [0.4, 0.5) is 0 Å². The van der Waals surface area contributed by atoms with Crippen LogP contribution in [0.5, 0.6) is 0 Å². The molecule has 0 aliphatic carbocycles. The van der Waals surface area contributed by atoms with Crippen molar-refractivity contribution in [1.29, 1.82) is 0 Å². The van der Waals surface area contributed by atoms with E-state index in [0.29, 0.717) is 5.57 Å². The Hall–Kier alpha value is -0.141. The Morgan fingerprint density at radius 3 is 1.56 bits per heavy atom. The number of hydrogen-bond acceptors (Lipinski definition) is 2. The van der Waals surface area contributed by atoms with Crippen LogP contribution in [0.25, 0.3) is 0 Å². The normalized spacial score (nSPS) is 11.4. The van der Waals surface area contributed by atoms with E-state index >= 15 is 0 Å². The van der Waals surface area contributed by atoms with Crippen LogP contribution in [-0.2, 0) is 24.9 Å². The zero-order valence-electron chi connectivity index (χ0n) is 5.69. The summed E-state index contributed by atoms with van der Waals surface area (Å²) in [6.07, 6.45) is 0. The third-order valence-corrected chi connectivity index (χ3v) is 1.07. The first kappa shape index (κ1) is 11.6. The van der Waals surface area contributed by atoms with Crippen LogP contribution in [-0.4, -0.2) is 10.9 Å². The SMILES string of the molecule is CC(=O)/C(C)=C(/C)O.[Ir]. The van der Waals surface area contributed by atoms with Crippen molar-refractivity contribution in [2.75, 3.05) is 0 Å². The first-order chi connectivity index (χ1) is 3.55. The van der Waals surface area contributed by atoms with Crippen molar-refractivity contribution in [2.24, 2.45) is 0 Å². The van der Waals surface area contributed by atoms with Crippen LogP contribution >= 0.6 is 0 Å². The molecule has 1 N–H and O–H groups in total. The van der Waals surface area contributed by atoms with Crippen LogP contribution in [0.3, 0.4) is 0 Å². The zero-order chi connectivity index (χ0) is 6.73. The van der Waals surface area contributed by atoms with Gasteiger partial charge in [-0.15, -0.1) is 0 Å². The van der Waals surface area contributed by atoms with Crippen LogP contribution < -0.4 is 0 Å². The van der Waals surface area contributed by atoms with E-state index in [9.17, 15) is 4.79 Å². The van der Waals surface area contributed by atoms with Gasteiger partial charge in [0.25, 0.3) is 0 Å². The van der Waals surface area contributed by atoms with Gasteiger partial charge in [0.2, 0.25) is 0 Å². The summed E-state index contributed by atoms with van der Waals surface area (Å²) in [5, 5.41) is 8.65. The molecule has 2 nitrogen and oxygen atoms in total. The van der Waals surface area contributed by atoms with E-state index in [4.69, 9.17) is 5.11 Å². The molecule has 0 aliphatic rings. The number of Topliss-reactive ketones (excluding diaryl/α,β-unsaturated/α-hetero) is 1. The largest absolute Gasteiger partial charge is 0.512 e. The molecule has 0 fully saturated rings. The standard InChI is InChI=1S/C6H10O2.Ir/c1-4(5(2)7)6(3)8;/h7H,1-3H3;/b5-4-;. The van der Waals surface area contributed by atoms with Gasteiger partial charge in [-0.1, -0.05) is 0 Å². The molecule has 0 unspecified atom stereocenters. The van der Waals surface area contributed by atoms with E-state index < -0.39 is 0 Å². The molecule has 0 amide bonds. The van der Waals surface area contributed by atoms with E-state index in [1.807, 2.05) is 0 Å². The fourth-order valence-corrected chi connectivity index (χ4v) is 0.255. The van der Waals surface area contributed by atoms with Gasteiger partial charge in [-0.3, -0.25) is 4.79 Å². The van der Waals surface area contributed by atoms with Crippen LogP contribution in [0, 0.1) is 0 Å². The Morgan fingerprint density at radius 2 is 1.56 bits per heavy atom. The molecule has 0 atom stereocenters. The van der Waals surface area contributed by atoms with Crippen LogP contribution in [0.2, 0.25) is 0 Å². The van der Waals surface area contributed by atoms with Crippen molar-refractivity contribution in [3.63, 3.8) is 0 Å².